The van der Waals surface area contributed by atoms with Gasteiger partial charge in [-0.15, -0.1) is 0 Å². The standard InChI is InChI=1S/C20H24N2O2/c1-21-17(13-15-9-5-3-6-10-15)20(24)22(2)18(19(21)23)14-16-11-7-4-8-12-16/h3,5-6,9-10,13-14,16H,4,7-8,11-12H2,1-2H3/b17-13-,18-14-. The largest absolute Gasteiger partial charge is 0.306 e. The molecule has 2 aromatic rings. The second-order valence-corrected chi connectivity index (χ2v) is 6.62. The summed E-state index contributed by atoms with van der Waals surface area (Å²) in [6.07, 6.45) is 9.67. The number of hydrogen-bond donors (Lipinski definition) is 0. The van der Waals surface area contributed by atoms with Crippen molar-refractivity contribution in [1.82, 2.24) is 9.13 Å². The first-order valence-electron chi connectivity index (χ1n) is 8.62. The van der Waals surface area contributed by atoms with E-state index in [4.69, 9.17) is 0 Å². The summed E-state index contributed by atoms with van der Waals surface area (Å²) in [6.45, 7) is 0. The molecule has 0 saturated heterocycles. The van der Waals surface area contributed by atoms with Gasteiger partial charge < -0.3 is 9.13 Å². The Morgan fingerprint density at radius 3 is 2.12 bits per heavy atom. The third-order valence-corrected chi connectivity index (χ3v) is 4.92. The molecular weight excluding hydrogens is 300 g/mol. The third kappa shape index (κ3) is 3.28. The number of aromatic nitrogens is 2. The van der Waals surface area contributed by atoms with E-state index >= 15 is 0 Å². The average Bonchev–Trinajstić information content (AvgIpc) is 2.62. The van der Waals surface area contributed by atoms with Crippen molar-refractivity contribution in [2.24, 2.45) is 20.0 Å². The molecule has 4 heteroatoms. The minimum absolute atomic E-state index is 0.107. The molecule has 0 radical (unpaired) electrons. The van der Waals surface area contributed by atoms with Gasteiger partial charge in [-0.1, -0.05) is 55.7 Å². The molecule has 1 fully saturated rings. The molecule has 0 N–H and O–H groups in total. The Hall–Kier alpha value is -2.36. The molecule has 1 aromatic heterocycles. The number of benzene rings is 1. The van der Waals surface area contributed by atoms with Crippen LogP contribution in [0.3, 0.4) is 0 Å². The molecule has 1 heterocycles. The van der Waals surface area contributed by atoms with E-state index in [-0.39, 0.29) is 11.1 Å². The van der Waals surface area contributed by atoms with Crippen molar-refractivity contribution in [3.05, 3.63) is 67.3 Å². The Kier molecular flexibility index (Phi) is 4.84. The molecule has 0 atom stereocenters. The molecule has 0 aliphatic heterocycles. The molecule has 1 aromatic carbocycles. The van der Waals surface area contributed by atoms with Gasteiger partial charge in [-0.3, -0.25) is 9.59 Å². The van der Waals surface area contributed by atoms with E-state index in [2.05, 4.69) is 0 Å². The highest BCUT2D eigenvalue weighted by atomic mass is 16.1. The predicted octanol–water partition coefficient (Wildman–Crippen LogP) is 1.27. The van der Waals surface area contributed by atoms with Crippen molar-refractivity contribution in [1.29, 1.82) is 0 Å². The van der Waals surface area contributed by atoms with Crippen LogP contribution in [0.4, 0.5) is 0 Å². The van der Waals surface area contributed by atoms with Gasteiger partial charge in [0.05, 0.1) is 0 Å². The van der Waals surface area contributed by atoms with Crippen LogP contribution in [0.5, 0.6) is 0 Å². The highest BCUT2D eigenvalue weighted by Crippen LogP contribution is 2.24. The molecule has 1 aliphatic carbocycles. The molecule has 0 bridgehead atoms. The van der Waals surface area contributed by atoms with Crippen molar-refractivity contribution in [3.63, 3.8) is 0 Å². The first-order chi connectivity index (χ1) is 11.6. The second kappa shape index (κ2) is 7.04. The van der Waals surface area contributed by atoms with Crippen LogP contribution in [0.15, 0.2) is 39.9 Å². The molecule has 3 rings (SSSR count). The van der Waals surface area contributed by atoms with E-state index in [1.54, 1.807) is 20.2 Å². The van der Waals surface area contributed by atoms with Gasteiger partial charge in [0.1, 0.15) is 10.7 Å². The van der Waals surface area contributed by atoms with Gasteiger partial charge in [-0.05, 0) is 30.4 Å². The van der Waals surface area contributed by atoms with Crippen LogP contribution in [0.25, 0.3) is 12.2 Å². The summed E-state index contributed by atoms with van der Waals surface area (Å²) in [5, 5.41) is 0.925. The zero-order valence-electron chi connectivity index (χ0n) is 14.4. The zero-order valence-corrected chi connectivity index (χ0v) is 14.4. The summed E-state index contributed by atoms with van der Waals surface area (Å²) >= 11 is 0. The quantitative estimate of drug-likeness (QED) is 0.835. The lowest BCUT2D eigenvalue weighted by molar-refractivity contribution is 0.434. The smallest absolute Gasteiger partial charge is 0.274 e. The zero-order chi connectivity index (χ0) is 17.1. The summed E-state index contributed by atoms with van der Waals surface area (Å²) in [5.41, 5.74) is 0.668. The van der Waals surface area contributed by atoms with Crippen molar-refractivity contribution >= 4 is 12.2 Å². The SMILES string of the molecule is Cn1c(=O)/c(=C/C2CCCCC2)n(C)c(=O)/c1=C/c1ccccc1. The van der Waals surface area contributed by atoms with Crippen LogP contribution >= 0.6 is 0 Å². The predicted molar refractivity (Wildman–Crippen MR) is 97.2 cm³/mol. The van der Waals surface area contributed by atoms with Gasteiger partial charge in [0.15, 0.2) is 0 Å². The monoisotopic (exact) mass is 324 g/mol. The van der Waals surface area contributed by atoms with Gasteiger partial charge in [0.2, 0.25) is 0 Å². The maximum absolute atomic E-state index is 12.8. The molecule has 0 amide bonds. The van der Waals surface area contributed by atoms with Crippen LogP contribution in [0.2, 0.25) is 0 Å². The van der Waals surface area contributed by atoms with Crippen molar-refractivity contribution in [3.8, 4) is 0 Å². The van der Waals surface area contributed by atoms with E-state index in [0.29, 0.717) is 16.6 Å². The maximum atomic E-state index is 12.8. The van der Waals surface area contributed by atoms with E-state index in [0.717, 1.165) is 18.4 Å². The molecule has 126 valence electrons. The fourth-order valence-electron chi connectivity index (χ4n) is 3.42. The van der Waals surface area contributed by atoms with E-state index < -0.39 is 0 Å². The minimum atomic E-state index is -0.136. The van der Waals surface area contributed by atoms with E-state index in [1.165, 1.54) is 28.4 Å². The van der Waals surface area contributed by atoms with Gasteiger partial charge in [0.25, 0.3) is 11.1 Å². The molecule has 0 spiro atoms. The summed E-state index contributed by atoms with van der Waals surface area (Å²) in [5.74, 6) is 0.404. The molecular formula is C20H24N2O2. The van der Waals surface area contributed by atoms with Crippen molar-refractivity contribution in [2.45, 2.75) is 32.1 Å². The van der Waals surface area contributed by atoms with Crippen LogP contribution in [-0.4, -0.2) is 9.13 Å². The van der Waals surface area contributed by atoms with Gasteiger partial charge >= 0.3 is 0 Å². The third-order valence-electron chi connectivity index (χ3n) is 4.92. The van der Waals surface area contributed by atoms with Crippen LogP contribution in [0.1, 0.15) is 37.7 Å². The lowest BCUT2D eigenvalue weighted by atomic mass is 9.89. The second-order valence-electron chi connectivity index (χ2n) is 6.62. The summed E-state index contributed by atoms with van der Waals surface area (Å²) < 4.78 is 2.98. The highest BCUT2D eigenvalue weighted by Gasteiger charge is 2.13. The van der Waals surface area contributed by atoms with Crippen molar-refractivity contribution < 1.29 is 0 Å². The van der Waals surface area contributed by atoms with Gasteiger partial charge in [0, 0.05) is 14.1 Å². The molecule has 1 aliphatic rings. The number of hydrogen-bond acceptors (Lipinski definition) is 2. The Bertz CT molecular complexity index is 946. The van der Waals surface area contributed by atoms with Gasteiger partial charge in [-0.2, -0.15) is 0 Å². The average molecular weight is 324 g/mol. The lowest BCUT2D eigenvalue weighted by Crippen LogP contribution is -2.56. The first-order valence-corrected chi connectivity index (χ1v) is 8.62. The number of nitrogens with zero attached hydrogens (tertiary/aromatic N) is 2. The molecule has 4 nitrogen and oxygen atoms in total. The maximum Gasteiger partial charge on any atom is 0.274 e. The van der Waals surface area contributed by atoms with Crippen molar-refractivity contribution in [2.75, 3.05) is 0 Å². The van der Waals surface area contributed by atoms with Crippen LogP contribution in [0, 0.1) is 5.92 Å². The van der Waals surface area contributed by atoms with E-state index in [1.807, 2.05) is 36.4 Å². The molecule has 1 saturated carbocycles. The fraction of sp³-hybridized carbons (Fsp3) is 0.400. The summed E-state index contributed by atoms with van der Waals surface area (Å²) in [4.78, 5) is 25.5. The van der Waals surface area contributed by atoms with E-state index in [9.17, 15) is 9.59 Å². The fourth-order valence-corrected chi connectivity index (χ4v) is 3.42. The topological polar surface area (TPSA) is 44.0 Å². The normalized spacial score (nSPS) is 17.4. The summed E-state index contributed by atoms with van der Waals surface area (Å²) in [6, 6.07) is 9.61. The van der Waals surface area contributed by atoms with Crippen LogP contribution < -0.4 is 21.8 Å². The Balaban J connectivity index is 2.20. The highest BCUT2D eigenvalue weighted by molar-refractivity contribution is 5.47. The summed E-state index contributed by atoms with van der Waals surface area (Å²) in [7, 11) is 3.37. The number of rotatable bonds is 2. The lowest BCUT2D eigenvalue weighted by Gasteiger charge is -2.18. The first kappa shape index (κ1) is 16.5. The van der Waals surface area contributed by atoms with Gasteiger partial charge in [-0.25, -0.2) is 0 Å². The van der Waals surface area contributed by atoms with Crippen LogP contribution in [-0.2, 0) is 14.1 Å². The Morgan fingerprint density at radius 1 is 0.875 bits per heavy atom. The minimum Gasteiger partial charge on any atom is -0.306 e. The Labute approximate surface area is 141 Å². The molecule has 24 heavy (non-hydrogen) atoms. The molecule has 0 unspecified atom stereocenters. The Morgan fingerprint density at radius 2 is 1.46 bits per heavy atom.